The molecule has 0 unspecified atom stereocenters. The molecule has 1 aliphatic heterocycles. The lowest BCUT2D eigenvalue weighted by molar-refractivity contribution is -0.116. The van der Waals surface area contributed by atoms with E-state index in [-0.39, 0.29) is 17.2 Å². The van der Waals surface area contributed by atoms with Gasteiger partial charge in [0.1, 0.15) is 4.83 Å². The Morgan fingerprint density at radius 2 is 2.14 bits per heavy atom. The van der Waals surface area contributed by atoms with Crippen LogP contribution < -0.4 is 10.5 Å². The van der Waals surface area contributed by atoms with Crippen molar-refractivity contribution >= 4 is 44.9 Å². The summed E-state index contributed by atoms with van der Waals surface area (Å²) in [4.78, 5) is 34.8. The molecule has 0 fully saturated rings. The van der Waals surface area contributed by atoms with E-state index in [0.717, 1.165) is 41.6 Å². The summed E-state index contributed by atoms with van der Waals surface area (Å²) in [5.41, 5.74) is 3.39. The molecule has 5 nitrogen and oxygen atoms in total. The molecular formula is C22H21N3O2S2. The summed E-state index contributed by atoms with van der Waals surface area (Å²) in [7, 11) is 0. The van der Waals surface area contributed by atoms with Crippen LogP contribution in [0.25, 0.3) is 10.2 Å². The van der Waals surface area contributed by atoms with Crippen LogP contribution in [0, 0.1) is 0 Å². The van der Waals surface area contributed by atoms with Gasteiger partial charge in [-0.3, -0.25) is 14.2 Å². The molecule has 1 aromatic carbocycles. The third-order valence-electron chi connectivity index (χ3n) is 5.61. The summed E-state index contributed by atoms with van der Waals surface area (Å²) in [6.07, 6.45) is 5.70. The summed E-state index contributed by atoms with van der Waals surface area (Å²) in [6.45, 7) is 4.90. The van der Waals surface area contributed by atoms with E-state index in [4.69, 9.17) is 4.98 Å². The molecule has 1 amide bonds. The van der Waals surface area contributed by atoms with Crippen molar-refractivity contribution in [2.75, 3.05) is 17.2 Å². The molecule has 148 valence electrons. The van der Waals surface area contributed by atoms with Crippen LogP contribution in [-0.4, -0.2) is 27.8 Å². The Morgan fingerprint density at radius 3 is 3.00 bits per heavy atom. The summed E-state index contributed by atoms with van der Waals surface area (Å²) in [6, 6.07) is 8.04. The second kappa shape index (κ2) is 7.46. The number of benzene rings is 1. The first-order valence-electron chi connectivity index (χ1n) is 9.84. The van der Waals surface area contributed by atoms with Crippen LogP contribution in [0.4, 0.5) is 5.69 Å². The molecule has 2 aliphatic rings. The predicted octanol–water partition coefficient (Wildman–Crippen LogP) is 3.81. The molecule has 1 aliphatic carbocycles. The zero-order valence-electron chi connectivity index (χ0n) is 16.0. The molecule has 5 rings (SSSR count). The quantitative estimate of drug-likeness (QED) is 0.356. The van der Waals surface area contributed by atoms with E-state index in [1.165, 1.54) is 27.8 Å². The van der Waals surface area contributed by atoms with Crippen molar-refractivity contribution in [1.82, 2.24) is 9.55 Å². The van der Waals surface area contributed by atoms with Crippen LogP contribution >= 0.6 is 23.1 Å². The second-order valence-electron chi connectivity index (χ2n) is 7.35. The number of fused-ring (bicyclic) bond motifs is 4. The highest BCUT2D eigenvalue weighted by Crippen LogP contribution is 2.36. The van der Waals surface area contributed by atoms with Gasteiger partial charge >= 0.3 is 0 Å². The number of hydrogen-bond acceptors (Lipinski definition) is 5. The number of aryl methyl sites for hydroxylation is 2. The molecule has 0 spiro atoms. The lowest BCUT2D eigenvalue weighted by Crippen LogP contribution is -2.31. The number of thiophene rings is 1. The van der Waals surface area contributed by atoms with Crippen molar-refractivity contribution in [3.63, 3.8) is 0 Å². The van der Waals surface area contributed by atoms with Crippen molar-refractivity contribution in [1.29, 1.82) is 0 Å². The maximum absolute atomic E-state index is 13.2. The van der Waals surface area contributed by atoms with Crippen LogP contribution in [-0.2, 0) is 30.6 Å². The fourth-order valence-electron chi connectivity index (χ4n) is 4.26. The third-order valence-corrected chi connectivity index (χ3v) is 7.76. The van der Waals surface area contributed by atoms with Crippen LogP contribution in [0.15, 0.2) is 46.9 Å². The maximum atomic E-state index is 13.2. The largest absolute Gasteiger partial charge is 0.311 e. The number of carbonyl (C=O) groups is 1. The second-order valence-corrected chi connectivity index (χ2v) is 9.38. The van der Waals surface area contributed by atoms with Gasteiger partial charge in [0.2, 0.25) is 5.91 Å². The van der Waals surface area contributed by atoms with Gasteiger partial charge in [0, 0.05) is 23.7 Å². The Hall–Kier alpha value is -2.38. The predicted molar refractivity (Wildman–Crippen MR) is 119 cm³/mol. The van der Waals surface area contributed by atoms with E-state index >= 15 is 0 Å². The lowest BCUT2D eigenvalue weighted by atomic mass is 10.2. The van der Waals surface area contributed by atoms with E-state index in [2.05, 4.69) is 12.6 Å². The Morgan fingerprint density at radius 1 is 1.28 bits per heavy atom. The molecule has 0 atom stereocenters. The molecule has 0 saturated carbocycles. The van der Waals surface area contributed by atoms with Crippen molar-refractivity contribution in [2.45, 2.75) is 37.4 Å². The number of nitrogens with zero attached hydrogens (tertiary/aromatic N) is 3. The highest BCUT2D eigenvalue weighted by Gasteiger charge is 2.26. The lowest BCUT2D eigenvalue weighted by Gasteiger charge is -2.17. The summed E-state index contributed by atoms with van der Waals surface area (Å²) >= 11 is 2.98. The number of hydrogen-bond donors (Lipinski definition) is 0. The Labute approximate surface area is 177 Å². The van der Waals surface area contributed by atoms with Crippen molar-refractivity contribution < 1.29 is 4.79 Å². The van der Waals surface area contributed by atoms with Gasteiger partial charge in [-0.15, -0.1) is 17.9 Å². The van der Waals surface area contributed by atoms with Crippen molar-refractivity contribution in [2.24, 2.45) is 0 Å². The minimum absolute atomic E-state index is 0.00392. The van der Waals surface area contributed by atoms with Gasteiger partial charge in [-0.05, 0) is 42.9 Å². The summed E-state index contributed by atoms with van der Waals surface area (Å²) in [5, 5.41) is 1.37. The molecule has 3 aromatic rings. The van der Waals surface area contributed by atoms with E-state index in [0.29, 0.717) is 18.2 Å². The summed E-state index contributed by atoms with van der Waals surface area (Å²) < 4.78 is 1.66. The number of allylic oxidation sites excluding steroid dienone is 1. The Balaban J connectivity index is 1.44. The molecule has 29 heavy (non-hydrogen) atoms. The standard InChI is InChI=1S/C22H21N3O2S2/c1-2-11-25-21(27)19-15-7-5-9-17(15)29-20(19)23-22(25)28-13-18(26)24-12-10-14-6-3-4-8-16(14)24/h2-4,6,8H,1,5,7,9-13H2. The van der Waals surface area contributed by atoms with Gasteiger partial charge in [0.05, 0.1) is 11.1 Å². The molecule has 7 heteroatoms. The molecule has 0 saturated heterocycles. The number of aromatic nitrogens is 2. The first-order valence-corrected chi connectivity index (χ1v) is 11.6. The molecule has 3 heterocycles. The molecular weight excluding hydrogens is 402 g/mol. The normalized spacial score (nSPS) is 15.0. The number of anilines is 1. The zero-order valence-corrected chi connectivity index (χ0v) is 17.7. The van der Waals surface area contributed by atoms with Gasteiger partial charge in [-0.2, -0.15) is 0 Å². The first kappa shape index (κ1) is 18.6. The summed E-state index contributed by atoms with van der Waals surface area (Å²) in [5.74, 6) is 0.308. The number of amides is 1. The van der Waals surface area contributed by atoms with E-state index in [1.807, 2.05) is 23.1 Å². The molecule has 2 aromatic heterocycles. The molecule has 0 bridgehead atoms. The van der Waals surface area contributed by atoms with Gasteiger partial charge in [0.15, 0.2) is 5.16 Å². The molecule has 0 N–H and O–H groups in total. The number of rotatable bonds is 5. The average molecular weight is 424 g/mol. The third kappa shape index (κ3) is 3.13. The van der Waals surface area contributed by atoms with Crippen molar-refractivity contribution in [3.8, 4) is 0 Å². The highest BCUT2D eigenvalue weighted by molar-refractivity contribution is 7.99. The fourth-order valence-corrected chi connectivity index (χ4v) is 6.45. The minimum atomic E-state index is -0.00392. The van der Waals surface area contributed by atoms with Gasteiger partial charge < -0.3 is 4.90 Å². The number of para-hydroxylation sites is 1. The van der Waals surface area contributed by atoms with Crippen LogP contribution in [0.1, 0.15) is 22.4 Å². The van der Waals surface area contributed by atoms with Crippen LogP contribution in [0.5, 0.6) is 0 Å². The Bertz CT molecular complexity index is 1190. The minimum Gasteiger partial charge on any atom is -0.311 e. The number of carbonyl (C=O) groups excluding carboxylic acids is 1. The van der Waals surface area contributed by atoms with E-state index in [1.54, 1.807) is 22.0 Å². The average Bonchev–Trinajstić information content (AvgIpc) is 3.42. The van der Waals surface area contributed by atoms with Gasteiger partial charge in [0.25, 0.3) is 5.56 Å². The monoisotopic (exact) mass is 423 g/mol. The van der Waals surface area contributed by atoms with Gasteiger partial charge in [-0.1, -0.05) is 36.0 Å². The van der Waals surface area contributed by atoms with Crippen LogP contribution in [0.2, 0.25) is 0 Å². The SMILES string of the molecule is C=CCn1c(SCC(=O)N2CCc3ccccc32)nc2sc3c(c2c1=O)CCC3. The van der Waals surface area contributed by atoms with Crippen LogP contribution in [0.3, 0.4) is 0 Å². The zero-order chi connectivity index (χ0) is 20.0. The van der Waals surface area contributed by atoms with E-state index < -0.39 is 0 Å². The highest BCUT2D eigenvalue weighted by atomic mass is 32.2. The van der Waals surface area contributed by atoms with Gasteiger partial charge in [-0.25, -0.2) is 4.98 Å². The first-order chi connectivity index (χ1) is 14.2. The number of thioether (sulfide) groups is 1. The Kier molecular flexibility index (Phi) is 4.80. The smallest absolute Gasteiger partial charge is 0.263 e. The van der Waals surface area contributed by atoms with Crippen molar-refractivity contribution in [3.05, 3.63) is 63.3 Å². The maximum Gasteiger partial charge on any atom is 0.263 e. The fraction of sp³-hybridized carbons (Fsp3) is 0.318. The van der Waals surface area contributed by atoms with E-state index in [9.17, 15) is 9.59 Å². The molecule has 0 radical (unpaired) electrons. The topological polar surface area (TPSA) is 55.2 Å².